The number of hydrogen-bond acceptors (Lipinski definition) is 18. The van der Waals surface area contributed by atoms with Crippen LogP contribution in [0.1, 0.15) is 12.6 Å². The molecule has 25 nitrogen and oxygen atoms in total. The molecule has 0 amide bonds. The van der Waals surface area contributed by atoms with E-state index in [1.807, 2.05) is 0 Å². The Labute approximate surface area is 227 Å². The first-order valence-electron chi connectivity index (χ1n) is 9.77. The minimum atomic E-state index is -6.39. The minimum absolute atomic E-state index is 0.117. The SMILES string of the molecule is COP(=O)(O)OP(=O)(O)OP(=O)(O)OP(=O)(O)OP(=O)(O)OP(=O)(O)OC[C@H]1O[C@@H](n2ccc(N)nc2=O)C[C@H]1O. The lowest BCUT2D eigenvalue weighted by molar-refractivity contribution is -0.0449. The van der Waals surface area contributed by atoms with Gasteiger partial charge in [0.25, 0.3) is 0 Å². The first kappa shape index (κ1) is 36.7. The normalized spacial score (nSPS) is 28.3. The fourth-order valence-corrected chi connectivity index (χ4v) is 10.2. The minimum Gasteiger partial charge on any atom is -0.390 e. The zero-order valence-corrected chi connectivity index (χ0v) is 25.1. The monoisotopic (exact) mass is 721 g/mol. The van der Waals surface area contributed by atoms with E-state index in [9.17, 15) is 61.8 Å². The third-order valence-electron chi connectivity index (χ3n) is 4.03. The van der Waals surface area contributed by atoms with Gasteiger partial charge in [-0.2, -0.15) is 26.5 Å². The summed E-state index contributed by atoms with van der Waals surface area (Å²) >= 11 is 0. The third kappa shape index (κ3) is 12.2. The van der Waals surface area contributed by atoms with Gasteiger partial charge in [-0.05, 0) is 6.07 Å². The van der Waals surface area contributed by atoms with Gasteiger partial charge >= 0.3 is 52.6 Å². The van der Waals surface area contributed by atoms with Crippen LogP contribution in [-0.2, 0) is 62.7 Å². The smallest absolute Gasteiger partial charge is 0.390 e. The van der Waals surface area contributed by atoms with Crippen LogP contribution in [0.4, 0.5) is 5.82 Å². The van der Waals surface area contributed by atoms with Crippen molar-refractivity contribution in [2.75, 3.05) is 19.5 Å². The molecule has 1 saturated heterocycles. The zero-order valence-electron chi connectivity index (χ0n) is 19.7. The molecule has 2 heterocycles. The van der Waals surface area contributed by atoms with Crippen LogP contribution in [0.2, 0.25) is 0 Å². The van der Waals surface area contributed by atoms with Crippen LogP contribution in [0.15, 0.2) is 17.1 Å². The summed E-state index contributed by atoms with van der Waals surface area (Å²) in [6, 6.07) is 1.23. The van der Waals surface area contributed by atoms with Gasteiger partial charge in [0.2, 0.25) is 0 Å². The zero-order chi connectivity index (χ0) is 31.7. The van der Waals surface area contributed by atoms with Gasteiger partial charge in [-0.15, -0.1) is 0 Å². The average Bonchev–Trinajstić information content (AvgIpc) is 3.08. The number of nitrogen functional groups attached to an aromatic ring is 1. The van der Waals surface area contributed by atoms with E-state index in [-0.39, 0.29) is 12.2 Å². The molecule has 1 aromatic heterocycles. The molecule has 9 atom stereocenters. The topological polar surface area (TPSA) is 379 Å². The first-order valence-corrected chi connectivity index (χ1v) is 18.7. The van der Waals surface area contributed by atoms with Crippen molar-refractivity contribution in [3.05, 3.63) is 22.7 Å². The molecule has 0 saturated carbocycles. The standard InChI is InChI=1S/C10H21N3O22P6/c1-28-36(16,17)31-38(20,21)33-40(24,25)35-41(26,27)34-39(22,23)32-37(18,19)29-5-7-6(14)4-9(30-7)13-3-2-8(11)12-10(13)15/h2-3,6-7,9,14H,4-5H2,1H3,(H,16,17)(H,18,19)(H,20,21)(H,22,23)(H,24,25)(H,26,27)(H2,11,12,15)/t6-,7-,9-/m1/s1. The molecule has 41 heavy (non-hydrogen) atoms. The Bertz CT molecular complexity index is 1460. The molecule has 0 aromatic carbocycles. The van der Waals surface area contributed by atoms with Gasteiger partial charge in [-0.1, -0.05) is 0 Å². The van der Waals surface area contributed by atoms with Crippen LogP contribution in [0, 0.1) is 0 Å². The fourth-order valence-electron chi connectivity index (χ4n) is 2.62. The van der Waals surface area contributed by atoms with Gasteiger partial charge in [0, 0.05) is 19.7 Å². The Morgan fingerprint density at radius 1 is 0.878 bits per heavy atom. The molecule has 0 aliphatic carbocycles. The highest BCUT2D eigenvalue weighted by Crippen LogP contribution is 2.75. The molecule has 6 unspecified atom stereocenters. The largest absolute Gasteiger partial charge is 0.490 e. The van der Waals surface area contributed by atoms with E-state index in [2.05, 4.69) is 35.6 Å². The van der Waals surface area contributed by atoms with Crippen LogP contribution in [0.5, 0.6) is 0 Å². The molecule has 0 bridgehead atoms. The van der Waals surface area contributed by atoms with Crippen molar-refractivity contribution in [3.63, 3.8) is 0 Å². The summed E-state index contributed by atoms with van der Waals surface area (Å²) in [5, 5.41) is 10.1. The highest BCUT2D eigenvalue weighted by molar-refractivity contribution is 7.72. The second-order valence-electron chi connectivity index (χ2n) is 7.17. The second-order valence-corrected chi connectivity index (χ2v) is 16.7. The van der Waals surface area contributed by atoms with E-state index >= 15 is 0 Å². The number of anilines is 1. The summed E-state index contributed by atoms with van der Waals surface area (Å²) in [7, 11) is -35.7. The molecule has 2 rings (SSSR count). The predicted octanol–water partition coefficient (Wildman–Crippen LogP) is -0.178. The van der Waals surface area contributed by atoms with Crippen molar-refractivity contribution >= 4 is 52.8 Å². The van der Waals surface area contributed by atoms with E-state index in [1.165, 1.54) is 12.3 Å². The lowest BCUT2D eigenvalue weighted by Crippen LogP contribution is -2.28. The summed E-state index contributed by atoms with van der Waals surface area (Å²) in [5.41, 5.74) is 4.49. The van der Waals surface area contributed by atoms with Gasteiger partial charge < -0.3 is 44.9 Å². The quantitative estimate of drug-likeness (QED) is 0.109. The van der Waals surface area contributed by atoms with E-state index in [0.29, 0.717) is 7.11 Å². The number of phosphoric ester groups is 2. The van der Waals surface area contributed by atoms with E-state index in [0.717, 1.165) is 4.57 Å². The molecule has 1 aromatic rings. The molecule has 1 aliphatic heterocycles. The summed E-state index contributed by atoms with van der Waals surface area (Å²) in [4.78, 5) is 71.3. The predicted molar refractivity (Wildman–Crippen MR) is 125 cm³/mol. The van der Waals surface area contributed by atoms with Crippen molar-refractivity contribution < 1.29 is 97.2 Å². The number of aliphatic hydroxyl groups excluding tert-OH is 1. The number of phosphoric acid groups is 6. The maximum Gasteiger partial charge on any atom is 0.490 e. The van der Waals surface area contributed by atoms with Gasteiger partial charge in [0.15, 0.2) is 0 Å². The summed E-state index contributed by atoms with van der Waals surface area (Å²) in [6.07, 6.45) is -3.15. The lowest BCUT2D eigenvalue weighted by atomic mass is 10.2. The van der Waals surface area contributed by atoms with Crippen molar-refractivity contribution in [2.24, 2.45) is 0 Å². The van der Waals surface area contributed by atoms with E-state index in [4.69, 9.17) is 15.4 Å². The first-order chi connectivity index (χ1) is 18.4. The van der Waals surface area contributed by atoms with Crippen LogP contribution < -0.4 is 11.4 Å². The molecule has 31 heteroatoms. The molecule has 0 radical (unpaired) electrons. The third-order valence-corrected chi connectivity index (χ3v) is 13.2. The van der Waals surface area contributed by atoms with Crippen molar-refractivity contribution in [1.82, 2.24) is 9.55 Å². The van der Waals surface area contributed by atoms with Crippen LogP contribution in [-0.4, -0.2) is 69.9 Å². The number of aliphatic hydroxyl groups is 1. The van der Waals surface area contributed by atoms with Gasteiger partial charge in [-0.3, -0.25) is 13.6 Å². The molecular formula is C10H21N3O22P6. The Balaban J connectivity index is 1.99. The number of nitrogens with two attached hydrogens (primary N) is 1. The molecule has 0 spiro atoms. The van der Waals surface area contributed by atoms with Crippen molar-refractivity contribution in [1.29, 1.82) is 0 Å². The molecule has 1 aliphatic rings. The highest BCUT2D eigenvalue weighted by atomic mass is 31.3. The maximum absolute atomic E-state index is 12.0. The maximum atomic E-state index is 12.0. The highest BCUT2D eigenvalue weighted by Gasteiger charge is 2.49. The average molecular weight is 721 g/mol. The van der Waals surface area contributed by atoms with E-state index in [1.54, 1.807) is 0 Å². The summed E-state index contributed by atoms with van der Waals surface area (Å²) in [6.45, 7) is -1.06. The molecule has 1 fully saturated rings. The Hall–Kier alpha value is -0.540. The summed E-state index contributed by atoms with van der Waals surface area (Å²) in [5.74, 6) is -0.117. The molecular weight excluding hydrogens is 700 g/mol. The van der Waals surface area contributed by atoms with Gasteiger partial charge in [0.1, 0.15) is 18.1 Å². The lowest BCUT2D eigenvalue weighted by Gasteiger charge is -2.21. The number of ether oxygens (including phenoxy) is 1. The van der Waals surface area contributed by atoms with E-state index < -0.39 is 77.7 Å². The Morgan fingerprint density at radius 2 is 1.32 bits per heavy atom. The second kappa shape index (κ2) is 13.2. The number of nitrogens with zero attached hydrogens (tertiary/aromatic N) is 2. The Morgan fingerprint density at radius 3 is 1.76 bits per heavy atom. The van der Waals surface area contributed by atoms with Crippen molar-refractivity contribution in [2.45, 2.75) is 24.9 Å². The Kier molecular flexibility index (Phi) is 11.8. The number of rotatable bonds is 15. The van der Waals surface area contributed by atoms with Gasteiger partial charge in [-0.25, -0.2) is 32.2 Å². The fraction of sp³-hybridized carbons (Fsp3) is 0.600. The van der Waals surface area contributed by atoms with Crippen molar-refractivity contribution in [3.8, 4) is 0 Å². The summed E-state index contributed by atoms with van der Waals surface area (Å²) < 4.78 is 102. The van der Waals surface area contributed by atoms with Crippen LogP contribution in [0.3, 0.4) is 0 Å². The molecule has 238 valence electrons. The number of hydrogen-bond donors (Lipinski definition) is 8. The van der Waals surface area contributed by atoms with Gasteiger partial charge in [0.05, 0.1) is 12.7 Å². The molecule has 9 N–H and O–H groups in total. The number of aromatic nitrogens is 2. The van der Waals surface area contributed by atoms with Crippen LogP contribution >= 0.6 is 46.9 Å². The van der Waals surface area contributed by atoms with Crippen LogP contribution in [0.25, 0.3) is 0 Å².